The molecule has 0 aliphatic rings. The van der Waals surface area contributed by atoms with Crippen LogP contribution in [0.3, 0.4) is 0 Å². The largest absolute Gasteiger partial charge is 0.338 e. The standard InChI is InChI=1S/C11H11BrN2O2S/c1-2-3-8(15)5-10-13-11(14-16-10)9-4-7(12)6-17-9/h4,6H,2-3,5H2,1H3. The van der Waals surface area contributed by atoms with Crippen molar-refractivity contribution < 1.29 is 9.32 Å². The number of hydrogen-bond donors (Lipinski definition) is 0. The van der Waals surface area contributed by atoms with Crippen LogP contribution in [0.25, 0.3) is 10.7 Å². The highest BCUT2D eigenvalue weighted by Crippen LogP contribution is 2.27. The highest BCUT2D eigenvalue weighted by atomic mass is 79.9. The second-order valence-corrected chi connectivity index (χ2v) is 5.43. The van der Waals surface area contributed by atoms with Crippen LogP contribution >= 0.6 is 27.3 Å². The molecule has 0 bridgehead atoms. The molecule has 0 unspecified atom stereocenters. The van der Waals surface area contributed by atoms with Crippen molar-refractivity contribution in [2.45, 2.75) is 26.2 Å². The molecule has 17 heavy (non-hydrogen) atoms. The Morgan fingerprint density at radius 1 is 1.59 bits per heavy atom. The van der Waals surface area contributed by atoms with Gasteiger partial charge in [-0.25, -0.2) is 0 Å². The molecule has 2 aromatic heterocycles. The first-order chi connectivity index (χ1) is 8.19. The average molecular weight is 315 g/mol. The summed E-state index contributed by atoms with van der Waals surface area (Å²) in [7, 11) is 0. The molecule has 0 aromatic carbocycles. The third kappa shape index (κ3) is 3.23. The quantitative estimate of drug-likeness (QED) is 0.848. The van der Waals surface area contributed by atoms with Gasteiger partial charge in [0.25, 0.3) is 0 Å². The second-order valence-electron chi connectivity index (χ2n) is 3.61. The molecule has 0 fully saturated rings. The SMILES string of the molecule is CCCC(=O)Cc1nc(-c2cc(Br)cs2)no1. The van der Waals surface area contributed by atoms with Crippen LogP contribution in [0, 0.1) is 0 Å². The first kappa shape index (κ1) is 12.4. The summed E-state index contributed by atoms with van der Waals surface area (Å²) in [5.74, 6) is 1.07. The molecule has 2 rings (SSSR count). The molecule has 90 valence electrons. The Morgan fingerprint density at radius 2 is 2.41 bits per heavy atom. The molecule has 0 aliphatic heterocycles. The van der Waals surface area contributed by atoms with Crippen molar-refractivity contribution in [3.63, 3.8) is 0 Å². The topological polar surface area (TPSA) is 56.0 Å². The first-order valence-corrected chi connectivity index (χ1v) is 6.95. The number of carbonyl (C=O) groups excluding carboxylic acids is 1. The third-order valence-electron chi connectivity index (χ3n) is 2.13. The van der Waals surface area contributed by atoms with Crippen LogP contribution in [-0.4, -0.2) is 15.9 Å². The Balaban J connectivity index is 2.08. The summed E-state index contributed by atoms with van der Waals surface area (Å²) in [5.41, 5.74) is 0. The van der Waals surface area contributed by atoms with Gasteiger partial charge in [-0.2, -0.15) is 4.98 Å². The van der Waals surface area contributed by atoms with E-state index in [0.717, 1.165) is 15.8 Å². The van der Waals surface area contributed by atoms with Crippen LogP contribution < -0.4 is 0 Å². The normalized spacial score (nSPS) is 10.7. The molecule has 4 nitrogen and oxygen atoms in total. The van der Waals surface area contributed by atoms with Crippen molar-refractivity contribution in [3.8, 4) is 10.7 Å². The molecule has 2 aromatic rings. The summed E-state index contributed by atoms with van der Waals surface area (Å²) >= 11 is 4.90. The number of hydrogen-bond acceptors (Lipinski definition) is 5. The van der Waals surface area contributed by atoms with Gasteiger partial charge in [-0.05, 0) is 28.4 Å². The molecule has 0 aliphatic carbocycles. The fourth-order valence-electron chi connectivity index (χ4n) is 1.39. The summed E-state index contributed by atoms with van der Waals surface area (Å²) < 4.78 is 6.05. The summed E-state index contributed by atoms with van der Waals surface area (Å²) in [4.78, 5) is 16.6. The number of nitrogens with zero attached hydrogens (tertiary/aromatic N) is 2. The predicted octanol–water partition coefficient (Wildman–Crippen LogP) is 3.47. The monoisotopic (exact) mass is 314 g/mol. The first-order valence-electron chi connectivity index (χ1n) is 5.27. The summed E-state index contributed by atoms with van der Waals surface area (Å²) in [6.07, 6.45) is 1.63. The van der Waals surface area contributed by atoms with E-state index in [9.17, 15) is 4.79 Å². The van der Waals surface area contributed by atoms with E-state index in [2.05, 4.69) is 26.1 Å². The predicted molar refractivity (Wildman–Crippen MR) is 68.9 cm³/mol. The molecule has 0 saturated heterocycles. The van der Waals surface area contributed by atoms with Gasteiger partial charge in [-0.3, -0.25) is 4.79 Å². The van der Waals surface area contributed by atoms with E-state index in [-0.39, 0.29) is 12.2 Å². The van der Waals surface area contributed by atoms with Crippen LogP contribution in [0.4, 0.5) is 0 Å². The number of aromatic nitrogens is 2. The Bertz CT molecular complexity index is 521. The van der Waals surface area contributed by atoms with Gasteiger partial charge in [0.1, 0.15) is 5.78 Å². The fraction of sp³-hybridized carbons (Fsp3) is 0.364. The van der Waals surface area contributed by atoms with Gasteiger partial charge < -0.3 is 4.52 Å². The second kappa shape index (κ2) is 5.55. The lowest BCUT2D eigenvalue weighted by molar-refractivity contribution is -0.118. The number of ketones is 1. The van der Waals surface area contributed by atoms with Gasteiger partial charge in [0.2, 0.25) is 11.7 Å². The van der Waals surface area contributed by atoms with Crippen molar-refractivity contribution >= 4 is 33.0 Å². The van der Waals surface area contributed by atoms with E-state index in [0.29, 0.717) is 18.1 Å². The Morgan fingerprint density at radius 3 is 3.06 bits per heavy atom. The zero-order valence-electron chi connectivity index (χ0n) is 9.27. The van der Waals surface area contributed by atoms with Crippen molar-refractivity contribution in [3.05, 3.63) is 21.8 Å². The van der Waals surface area contributed by atoms with E-state index < -0.39 is 0 Å². The lowest BCUT2D eigenvalue weighted by Crippen LogP contribution is -2.01. The molecule has 6 heteroatoms. The molecule has 0 amide bonds. The number of Topliss-reactive ketones (excluding diaryl/α,β-unsaturated/α-hetero) is 1. The minimum Gasteiger partial charge on any atom is -0.338 e. The molecule has 0 saturated carbocycles. The maximum Gasteiger partial charge on any atom is 0.234 e. The molecule has 0 atom stereocenters. The summed E-state index contributed by atoms with van der Waals surface area (Å²) in [5, 5.41) is 5.82. The van der Waals surface area contributed by atoms with E-state index >= 15 is 0 Å². The molecule has 0 N–H and O–H groups in total. The lowest BCUT2D eigenvalue weighted by atomic mass is 10.2. The van der Waals surface area contributed by atoms with Crippen molar-refractivity contribution in [1.29, 1.82) is 0 Å². The third-order valence-corrected chi connectivity index (χ3v) is 3.82. The van der Waals surface area contributed by atoms with Crippen molar-refractivity contribution in [1.82, 2.24) is 10.1 Å². The van der Waals surface area contributed by atoms with E-state index in [1.807, 2.05) is 18.4 Å². The summed E-state index contributed by atoms with van der Waals surface area (Å²) in [6.45, 7) is 1.97. The molecule has 0 spiro atoms. The smallest absolute Gasteiger partial charge is 0.234 e. The maximum absolute atomic E-state index is 11.4. The zero-order chi connectivity index (χ0) is 12.3. The van der Waals surface area contributed by atoms with Crippen LogP contribution in [0.1, 0.15) is 25.7 Å². The van der Waals surface area contributed by atoms with E-state index in [4.69, 9.17) is 4.52 Å². The minimum atomic E-state index is 0.134. The molecule has 0 radical (unpaired) electrons. The van der Waals surface area contributed by atoms with E-state index in [1.54, 1.807) is 0 Å². The number of rotatable bonds is 5. The highest BCUT2D eigenvalue weighted by Gasteiger charge is 2.13. The zero-order valence-corrected chi connectivity index (χ0v) is 11.7. The molecular weight excluding hydrogens is 304 g/mol. The minimum absolute atomic E-state index is 0.134. The number of carbonyl (C=O) groups is 1. The lowest BCUT2D eigenvalue weighted by Gasteiger charge is -1.91. The van der Waals surface area contributed by atoms with Gasteiger partial charge in [0.05, 0.1) is 11.3 Å². The summed E-state index contributed by atoms with van der Waals surface area (Å²) in [6, 6.07) is 1.92. The van der Waals surface area contributed by atoms with Crippen LogP contribution in [0.5, 0.6) is 0 Å². The van der Waals surface area contributed by atoms with Gasteiger partial charge >= 0.3 is 0 Å². The van der Waals surface area contributed by atoms with Gasteiger partial charge in [0.15, 0.2) is 0 Å². The number of thiophene rings is 1. The Kier molecular flexibility index (Phi) is 4.06. The van der Waals surface area contributed by atoms with Gasteiger partial charge in [0, 0.05) is 16.3 Å². The van der Waals surface area contributed by atoms with Gasteiger partial charge in [-0.1, -0.05) is 12.1 Å². The fourth-order valence-corrected chi connectivity index (χ4v) is 2.74. The van der Waals surface area contributed by atoms with Crippen LogP contribution in [0.15, 0.2) is 20.4 Å². The van der Waals surface area contributed by atoms with E-state index in [1.165, 1.54) is 11.3 Å². The van der Waals surface area contributed by atoms with Crippen LogP contribution in [0.2, 0.25) is 0 Å². The van der Waals surface area contributed by atoms with Gasteiger partial charge in [-0.15, -0.1) is 11.3 Å². The van der Waals surface area contributed by atoms with Crippen molar-refractivity contribution in [2.24, 2.45) is 0 Å². The average Bonchev–Trinajstić information content (AvgIpc) is 2.87. The number of halogens is 1. The van der Waals surface area contributed by atoms with Crippen molar-refractivity contribution in [2.75, 3.05) is 0 Å². The maximum atomic E-state index is 11.4. The highest BCUT2D eigenvalue weighted by molar-refractivity contribution is 9.10. The van der Waals surface area contributed by atoms with Crippen LogP contribution in [-0.2, 0) is 11.2 Å². The molecular formula is C11H11BrN2O2S. The molecule has 2 heterocycles. The Labute approximate surface area is 111 Å². The Hall–Kier alpha value is -1.01.